The number of nitrogens with zero attached hydrogens (tertiary/aromatic N) is 3. The summed E-state index contributed by atoms with van der Waals surface area (Å²) in [4.78, 5) is 11.3. The molecule has 0 amide bonds. The fourth-order valence-electron chi connectivity index (χ4n) is 2.32. The molecule has 0 unspecified atom stereocenters. The summed E-state index contributed by atoms with van der Waals surface area (Å²) in [5, 5.41) is 20.5. The highest BCUT2D eigenvalue weighted by molar-refractivity contribution is 7.71. The molecular formula is C17H14N4O2S. The van der Waals surface area contributed by atoms with Crippen molar-refractivity contribution >= 4 is 24.4 Å². The van der Waals surface area contributed by atoms with E-state index in [1.54, 1.807) is 18.2 Å². The molecule has 0 saturated heterocycles. The van der Waals surface area contributed by atoms with Crippen molar-refractivity contribution in [2.45, 2.75) is 6.92 Å². The predicted molar refractivity (Wildman–Crippen MR) is 94.0 cm³/mol. The van der Waals surface area contributed by atoms with Crippen molar-refractivity contribution in [2.75, 3.05) is 0 Å². The Morgan fingerprint density at radius 2 is 1.96 bits per heavy atom. The first-order valence-corrected chi connectivity index (χ1v) is 7.59. The van der Waals surface area contributed by atoms with Gasteiger partial charge in [-0.2, -0.15) is 14.9 Å². The van der Waals surface area contributed by atoms with E-state index in [2.05, 4.69) is 15.3 Å². The van der Waals surface area contributed by atoms with Crippen LogP contribution in [0, 0.1) is 11.7 Å². The minimum atomic E-state index is -1.01. The lowest BCUT2D eigenvalue weighted by atomic mass is 10.1. The van der Waals surface area contributed by atoms with Crippen LogP contribution in [0.15, 0.2) is 53.6 Å². The van der Waals surface area contributed by atoms with E-state index < -0.39 is 5.97 Å². The van der Waals surface area contributed by atoms with Gasteiger partial charge in [-0.15, -0.1) is 0 Å². The van der Waals surface area contributed by atoms with Gasteiger partial charge < -0.3 is 5.11 Å². The van der Waals surface area contributed by atoms with Crippen molar-refractivity contribution in [3.63, 3.8) is 0 Å². The van der Waals surface area contributed by atoms with Gasteiger partial charge in [0.1, 0.15) is 0 Å². The third-order valence-corrected chi connectivity index (χ3v) is 3.80. The largest absolute Gasteiger partial charge is 0.478 e. The van der Waals surface area contributed by atoms with E-state index in [0.717, 1.165) is 11.1 Å². The minimum absolute atomic E-state index is 0.175. The number of aryl methyl sites for hydroxylation is 1. The van der Waals surface area contributed by atoms with Gasteiger partial charge >= 0.3 is 5.97 Å². The van der Waals surface area contributed by atoms with Crippen molar-refractivity contribution < 1.29 is 9.90 Å². The zero-order chi connectivity index (χ0) is 17.1. The molecule has 0 saturated carbocycles. The average Bonchev–Trinajstić information content (AvgIpc) is 2.94. The Hall–Kier alpha value is -3.06. The highest BCUT2D eigenvalue weighted by Crippen LogP contribution is 2.21. The van der Waals surface area contributed by atoms with E-state index in [9.17, 15) is 9.90 Å². The second kappa shape index (κ2) is 6.59. The second-order valence-electron chi connectivity index (χ2n) is 5.12. The lowest BCUT2D eigenvalue weighted by Gasteiger charge is -2.04. The van der Waals surface area contributed by atoms with Crippen LogP contribution in [0.5, 0.6) is 0 Å². The number of hydrogen-bond acceptors (Lipinski definition) is 4. The monoisotopic (exact) mass is 338 g/mol. The zero-order valence-corrected chi connectivity index (χ0v) is 13.6. The molecule has 7 heteroatoms. The van der Waals surface area contributed by atoms with Gasteiger partial charge in [0.2, 0.25) is 4.77 Å². The Bertz CT molecular complexity index is 988. The maximum absolute atomic E-state index is 11.3. The van der Waals surface area contributed by atoms with Gasteiger partial charge in [0, 0.05) is 11.1 Å². The van der Waals surface area contributed by atoms with Crippen LogP contribution in [0.4, 0.5) is 0 Å². The molecule has 2 N–H and O–H groups in total. The van der Waals surface area contributed by atoms with Crippen LogP contribution in [0.1, 0.15) is 21.5 Å². The van der Waals surface area contributed by atoms with E-state index in [-0.39, 0.29) is 5.56 Å². The summed E-state index contributed by atoms with van der Waals surface area (Å²) in [5.41, 5.74) is 2.60. The molecule has 1 heterocycles. The molecule has 0 atom stereocenters. The number of carbonyl (C=O) groups is 1. The van der Waals surface area contributed by atoms with Crippen molar-refractivity contribution in [3.8, 4) is 11.4 Å². The molecule has 0 radical (unpaired) electrons. The number of benzene rings is 2. The normalized spacial score (nSPS) is 11.0. The minimum Gasteiger partial charge on any atom is -0.478 e. The molecule has 1 aromatic heterocycles. The van der Waals surface area contributed by atoms with Gasteiger partial charge in [0.25, 0.3) is 0 Å². The molecule has 0 fully saturated rings. The van der Waals surface area contributed by atoms with Gasteiger partial charge in [-0.25, -0.2) is 9.89 Å². The maximum atomic E-state index is 11.3. The molecule has 0 spiro atoms. The number of carboxylic acids is 1. The van der Waals surface area contributed by atoms with E-state index in [1.807, 2.05) is 31.2 Å². The van der Waals surface area contributed by atoms with Gasteiger partial charge in [-0.3, -0.25) is 0 Å². The Kier molecular flexibility index (Phi) is 4.35. The number of aromatic nitrogens is 3. The third kappa shape index (κ3) is 3.02. The first-order chi connectivity index (χ1) is 11.6. The van der Waals surface area contributed by atoms with E-state index in [0.29, 0.717) is 16.2 Å². The molecule has 0 aliphatic heterocycles. The molecule has 3 rings (SSSR count). The zero-order valence-electron chi connectivity index (χ0n) is 12.8. The van der Waals surface area contributed by atoms with E-state index in [1.165, 1.54) is 17.0 Å². The number of nitrogens with one attached hydrogen (secondary N) is 1. The molecule has 2 aromatic carbocycles. The van der Waals surface area contributed by atoms with Crippen LogP contribution in [0.25, 0.3) is 11.4 Å². The number of aromatic carboxylic acids is 1. The highest BCUT2D eigenvalue weighted by Gasteiger charge is 2.11. The first-order valence-electron chi connectivity index (χ1n) is 7.18. The molecule has 0 aliphatic rings. The van der Waals surface area contributed by atoms with Crippen LogP contribution < -0.4 is 0 Å². The molecule has 0 aliphatic carbocycles. The molecule has 3 aromatic rings. The lowest BCUT2D eigenvalue weighted by Crippen LogP contribution is -2.02. The summed E-state index contributed by atoms with van der Waals surface area (Å²) in [6.07, 6.45) is 1.47. The van der Waals surface area contributed by atoms with Crippen molar-refractivity contribution in [2.24, 2.45) is 5.10 Å². The quantitative estimate of drug-likeness (QED) is 0.563. The SMILES string of the molecule is Cc1ccccc1-c1n[nH]c(=S)n1/N=C\c1ccccc1C(=O)O. The summed E-state index contributed by atoms with van der Waals surface area (Å²) < 4.78 is 1.81. The predicted octanol–water partition coefficient (Wildman–Crippen LogP) is 3.50. The Morgan fingerprint density at radius 1 is 1.25 bits per heavy atom. The van der Waals surface area contributed by atoms with Gasteiger partial charge in [-0.1, -0.05) is 42.5 Å². The summed E-state index contributed by atoms with van der Waals surface area (Å²) >= 11 is 5.23. The van der Waals surface area contributed by atoms with Gasteiger partial charge in [-0.05, 0) is 30.8 Å². The number of hydrogen-bond donors (Lipinski definition) is 2. The number of H-pyrrole nitrogens is 1. The lowest BCUT2D eigenvalue weighted by molar-refractivity contribution is 0.0697. The first kappa shape index (κ1) is 15.8. The summed E-state index contributed by atoms with van der Waals surface area (Å²) in [6, 6.07) is 14.4. The maximum Gasteiger partial charge on any atom is 0.336 e. The second-order valence-corrected chi connectivity index (χ2v) is 5.50. The van der Waals surface area contributed by atoms with E-state index in [4.69, 9.17) is 12.2 Å². The topological polar surface area (TPSA) is 83.3 Å². The smallest absolute Gasteiger partial charge is 0.336 e. The highest BCUT2D eigenvalue weighted by atomic mass is 32.1. The fraction of sp³-hybridized carbons (Fsp3) is 0.0588. The van der Waals surface area contributed by atoms with Crippen molar-refractivity contribution in [1.29, 1.82) is 0 Å². The summed E-state index contributed by atoms with van der Waals surface area (Å²) in [6.45, 7) is 1.97. The Balaban J connectivity index is 2.07. The molecule has 24 heavy (non-hydrogen) atoms. The van der Waals surface area contributed by atoms with Gasteiger partial charge in [0.05, 0.1) is 11.8 Å². The molecule has 0 bridgehead atoms. The number of aromatic amines is 1. The van der Waals surface area contributed by atoms with Crippen LogP contribution >= 0.6 is 12.2 Å². The summed E-state index contributed by atoms with van der Waals surface area (Å²) in [7, 11) is 0. The van der Waals surface area contributed by atoms with Gasteiger partial charge in [0.15, 0.2) is 5.82 Å². The van der Waals surface area contributed by atoms with Crippen LogP contribution in [0.3, 0.4) is 0 Å². The molecular weight excluding hydrogens is 324 g/mol. The van der Waals surface area contributed by atoms with Crippen molar-refractivity contribution in [3.05, 3.63) is 70.0 Å². The van der Waals surface area contributed by atoms with Crippen LogP contribution in [0.2, 0.25) is 0 Å². The Morgan fingerprint density at radius 3 is 2.71 bits per heavy atom. The van der Waals surface area contributed by atoms with Crippen LogP contribution in [-0.2, 0) is 0 Å². The standard InChI is InChI=1S/C17H14N4O2S/c1-11-6-2-4-8-13(11)15-19-20-17(24)21(15)18-10-12-7-3-5-9-14(12)16(22)23/h2-10H,1H3,(H,20,24)(H,22,23)/b18-10-. The molecule has 6 nitrogen and oxygen atoms in total. The van der Waals surface area contributed by atoms with Crippen molar-refractivity contribution in [1.82, 2.24) is 14.9 Å². The Labute approximate surface area is 143 Å². The third-order valence-electron chi connectivity index (χ3n) is 3.54. The summed E-state index contributed by atoms with van der Waals surface area (Å²) in [5.74, 6) is -0.436. The fourth-order valence-corrected chi connectivity index (χ4v) is 2.50. The number of rotatable bonds is 4. The van der Waals surface area contributed by atoms with Crippen LogP contribution in [-0.4, -0.2) is 32.2 Å². The molecule has 120 valence electrons. The number of carboxylic acid groups (broad SMARTS) is 1. The average molecular weight is 338 g/mol. The van der Waals surface area contributed by atoms with E-state index >= 15 is 0 Å².